The average molecular weight is 443 g/mol. The minimum absolute atomic E-state index is 0.182. The van der Waals surface area contributed by atoms with Crippen LogP contribution in [-0.2, 0) is 19.4 Å². The van der Waals surface area contributed by atoms with Crippen LogP contribution in [0.1, 0.15) is 12.5 Å². The maximum absolute atomic E-state index is 12.7. The van der Waals surface area contributed by atoms with Gasteiger partial charge in [0.15, 0.2) is 9.84 Å². The molecule has 142 valence electrons. The van der Waals surface area contributed by atoms with Gasteiger partial charge in [-0.05, 0) is 36.8 Å². The number of thiocarbonyl (C=S) groups is 1. The van der Waals surface area contributed by atoms with Crippen molar-refractivity contribution in [3.8, 4) is 0 Å². The molecule has 10 heteroatoms. The first-order valence-electron chi connectivity index (χ1n) is 7.90. The lowest BCUT2D eigenvalue weighted by molar-refractivity contribution is -0.132. The third-order valence-corrected chi connectivity index (χ3v) is 6.96. The van der Waals surface area contributed by atoms with Crippen molar-refractivity contribution in [3.63, 3.8) is 0 Å². The summed E-state index contributed by atoms with van der Waals surface area (Å²) >= 11 is 12.3. The van der Waals surface area contributed by atoms with Crippen LogP contribution in [0.2, 0.25) is 5.02 Å². The Bertz CT molecular complexity index is 988. The normalized spacial score (nSPS) is 23.9. The van der Waals surface area contributed by atoms with Crippen LogP contribution in [0.15, 0.2) is 40.7 Å². The fraction of sp³-hybridized carbons (Fsp3) is 0.235. The Labute approximate surface area is 171 Å². The van der Waals surface area contributed by atoms with Crippen LogP contribution < -0.4 is 5.32 Å². The van der Waals surface area contributed by atoms with Gasteiger partial charge in [0.2, 0.25) is 5.91 Å². The highest BCUT2D eigenvalue weighted by Gasteiger charge is 2.39. The molecule has 2 aliphatic rings. The molecule has 1 N–H and O–H groups in total. The van der Waals surface area contributed by atoms with Gasteiger partial charge < -0.3 is 5.32 Å². The van der Waals surface area contributed by atoms with Gasteiger partial charge in [-0.1, -0.05) is 47.7 Å². The van der Waals surface area contributed by atoms with E-state index in [0.717, 1.165) is 22.7 Å². The second-order valence-corrected chi connectivity index (χ2v) is 10.1. The Morgan fingerprint density at radius 3 is 2.85 bits per heavy atom. The summed E-state index contributed by atoms with van der Waals surface area (Å²) in [6.45, 7) is 1.55. The summed E-state index contributed by atoms with van der Waals surface area (Å²) in [7, 11) is -3.28. The topological polar surface area (TPSA) is 83.6 Å². The van der Waals surface area contributed by atoms with Crippen molar-refractivity contribution in [3.05, 3.63) is 51.2 Å². The number of sulfone groups is 1. The molecular weight excluding hydrogens is 428 g/mol. The summed E-state index contributed by atoms with van der Waals surface area (Å²) < 4.78 is 23.2. The number of benzene rings is 1. The minimum Gasteiger partial charge on any atom is -0.347 e. The van der Waals surface area contributed by atoms with Gasteiger partial charge in [0.05, 0.1) is 16.7 Å². The Kier molecular flexibility index (Phi) is 5.76. The highest BCUT2D eigenvalue weighted by Crippen LogP contribution is 2.34. The fourth-order valence-corrected chi connectivity index (χ4v) is 5.50. The SMILES string of the molecule is CC(C(=O)NC1C=CS(=O)(=O)C1)N1C(=O)C(=Cc2cccc(Cl)c2)SC1=S. The van der Waals surface area contributed by atoms with E-state index < -0.39 is 27.8 Å². The van der Waals surface area contributed by atoms with E-state index in [1.807, 2.05) is 0 Å². The first-order chi connectivity index (χ1) is 12.7. The molecule has 1 aromatic rings. The summed E-state index contributed by atoms with van der Waals surface area (Å²) in [6, 6.07) is 5.56. The number of rotatable bonds is 4. The van der Waals surface area contributed by atoms with Gasteiger partial charge >= 0.3 is 0 Å². The number of hydrogen-bond acceptors (Lipinski definition) is 6. The molecule has 1 saturated heterocycles. The number of nitrogens with zero attached hydrogens (tertiary/aromatic N) is 1. The van der Waals surface area contributed by atoms with E-state index in [-0.39, 0.29) is 16.0 Å². The van der Waals surface area contributed by atoms with Crippen molar-refractivity contribution < 1.29 is 18.0 Å². The number of carbonyl (C=O) groups is 2. The largest absolute Gasteiger partial charge is 0.347 e. The maximum Gasteiger partial charge on any atom is 0.266 e. The van der Waals surface area contributed by atoms with Crippen LogP contribution >= 0.6 is 35.6 Å². The molecule has 6 nitrogen and oxygen atoms in total. The molecule has 2 aliphatic heterocycles. The van der Waals surface area contributed by atoms with Crippen molar-refractivity contribution in [2.24, 2.45) is 0 Å². The van der Waals surface area contributed by atoms with Gasteiger partial charge in [0.1, 0.15) is 10.4 Å². The standard InChI is InChI=1S/C17H15ClN2O4S3/c1-10(15(21)19-13-5-6-27(23,24)9-13)20-16(22)14(26-17(20)25)8-11-3-2-4-12(18)7-11/h2-8,10,13H,9H2,1H3,(H,19,21). The van der Waals surface area contributed by atoms with Crippen LogP contribution in [-0.4, -0.2) is 47.3 Å². The predicted molar refractivity (Wildman–Crippen MR) is 111 cm³/mol. The molecule has 0 aromatic heterocycles. The zero-order valence-electron chi connectivity index (χ0n) is 14.1. The maximum atomic E-state index is 12.7. The number of amides is 2. The first-order valence-corrected chi connectivity index (χ1v) is 11.2. The Morgan fingerprint density at radius 1 is 1.48 bits per heavy atom. The molecule has 27 heavy (non-hydrogen) atoms. The molecule has 0 saturated carbocycles. The number of hydrogen-bond donors (Lipinski definition) is 1. The molecule has 2 heterocycles. The van der Waals surface area contributed by atoms with E-state index in [0.29, 0.717) is 9.93 Å². The summed E-state index contributed by atoms with van der Waals surface area (Å²) in [4.78, 5) is 26.8. The van der Waals surface area contributed by atoms with Crippen molar-refractivity contribution in [2.75, 3.05) is 5.75 Å². The third kappa shape index (κ3) is 4.60. The molecule has 1 fully saturated rings. The quantitative estimate of drug-likeness (QED) is 0.569. The lowest BCUT2D eigenvalue weighted by Gasteiger charge is -2.23. The molecule has 0 spiro atoms. The molecule has 2 atom stereocenters. The number of carbonyl (C=O) groups excluding carboxylic acids is 2. The van der Waals surface area contributed by atoms with Crippen LogP contribution in [0.25, 0.3) is 6.08 Å². The highest BCUT2D eigenvalue weighted by atomic mass is 35.5. The molecule has 0 aliphatic carbocycles. The summed E-state index contributed by atoms with van der Waals surface area (Å²) in [5.74, 6) is -1.03. The van der Waals surface area contributed by atoms with E-state index >= 15 is 0 Å². The second kappa shape index (κ2) is 7.75. The number of nitrogens with one attached hydrogen (secondary N) is 1. The van der Waals surface area contributed by atoms with E-state index in [1.165, 1.54) is 11.0 Å². The van der Waals surface area contributed by atoms with Crippen molar-refractivity contribution in [1.29, 1.82) is 0 Å². The Balaban J connectivity index is 1.72. The molecule has 1 aromatic carbocycles. The van der Waals surface area contributed by atoms with E-state index in [4.69, 9.17) is 23.8 Å². The van der Waals surface area contributed by atoms with E-state index in [9.17, 15) is 18.0 Å². The van der Waals surface area contributed by atoms with Crippen LogP contribution in [0.4, 0.5) is 0 Å². The smallest absolute Gasteiger partial charge is 0.266 e. The molecule has 2 unspecified atom stereocenters. The molecule has 2 amide bonds. The summed E-state index contributed by atoms with van der Waals surface area (Å²) in [5.41, 5.74) is 0.751. The van der Waals surface area contributed by atoms with Gasteiger partial charge in [0.25, 0.3) is 5.91 Å². The minimum atomic E-state index is -3.28. The van der Waals surface area contributed by atoms with Gasteiger partial charge in [-0.3, -0.25) is 14.5 Å². The Hall–Kier alpha value is -1.68. The fourth-order valence-electron chi connectivity index (χ4n) is 2.65. The first kappa shape index (κ1) is 20.1. The number of thioether (sulfide) groups is 1. The van der Waals surface area contributed by atoms with E-state index in [1.54, 1.807) is 37.3 Å². The van der Waals surface area contributed by atoms with Gasteiger partial charge in [0, 0.05) is 10.4 Å². The lowest BCUT2D eigenvalue weighted by atomic mass is 10.2. The van der Waals surface area contributed by atoms with Crippen LogP contribution in [0.3, 0.4) is 0 Å². The van der Waals surface area contributed by atoms with Crippen molar-refractivity contribution in [1.82, 2.24) is 10.2 Å². The predicted octanol–water partition coefficient (Wildman–Crippen LogP) is 2.36. The van der Waals surface area contributed by atoms with Crippen molar-refractivity contribution in [2.45, 2.75) is 19.0 Å². The van der Waals surface area contributed by atoms with Gasteiger partial charge in [-0.25, -0.2) is 8.42 Å². The molecule has 0 radical (unpaired) electrons. The molecule has 3 rings (SSSR count). The van der Waals surface area contributed by atoms with Gasteiger partial charge in [-0.15, -0.1) is 0 Å². The average Bonchev–Trinajstić information content (AvgIpc) is 3.05. The third-order valence-electron chi connectivity index (χ3n) is 3.99. The summed E-state index contributed by atoms with van der Waals surface area (Å²) in [6.07, 6.45) is 3.09. The zero-order chi connectivity index (χ0) is 19.8. The lowest BCUT2D eigenvalue weighted by Crippen LogP contribution is -2.49. The second-order valence-electron chi connectivity index (χ2n) is 6.06. The summed E-state index contributed by atoms with van der Waals surface area (Å²) in [5, 5.41) is 4.25. The number of halogens is 1. The monoisotopic (exact) mass is 442 g/mol. The van der Waals surface area contributed by atoms with Crippen LogP contribution in [0, 0.1) is 0 Å². The Morgan fingerprint density at radius 2 is 2.22 bits per heavy atom. The van der Waals surface area contributed by atoms with Gasteiger partial charge in [-0.2, -0.15) is 0 Å². The molecular formula is C17H15ClN2O4S3. The molecule has 0 bridgehead atoms. The van der Waals surface area contributed by atoms with Crippen LogP contribution in [0.5, 0.6) is 0 Å². The highest BCUT2D eigenvalue weighted by molar-refractivity contribution is 8.26. The van der Waals surface area contributed by atoms with E-state index in [2.05, 4.69) is 5.32 Å². The van der Waals surface area contributed by atoms with Crippen molar-refractivity contribution >= 4 is 67.6 Å². The zero-order valence-corrected chi connectivity index (χ0v) is 17.3.